The first kappa shape index (κ1) is 13.8. The molecule has 2 aromatic rings. The summed E-state index contributed by atoms with van der Waals surface area (Å²) in [7, 11) is 2.04. The molecule has 7 heteroatoms. The highest BCUT2D eigenvalue weighted by atomic mass is 15.3. The second kappa shape index (κ2) is 6.07. The van der Waals surface area contributed by atoms with E-state index in [9.17, 15) is 0 Å². The van der Waals surface area contributed by atoms with Gasteiger partial charge in [-0.2, -0.15) is 15.0 Å². The Morgan fingerprint density at radius 1 is 1.33 bits per heavy atom. The number of hydrogen-bond donors (Lipinski definition) is 1. The minimum absolute atomic E-state index is 0.596. The Bertz CT molecular complexity index is 577. The second-order valence-electron chi connectivity index (χ2n) is 5.48. The molecule has 2 heterocycles. The van der Waals surface area contributed by atoms with E-state index in [-0.39, 0.29) is 0 Å². The number of imidazole rings is 1. The molecule has 0 radical (unpaired) electrons. The van der Waals surface area contributed by atoms with Gasteiger partial charge in [-0.25, -0.2) is 4.98 Å². The van der Waals surface area contributed by atoms with E-state index in [0.717, 1.165) is 25.4 Å². The van der Waals surface area contributed by atoms with Crippen molar-refractivity contribution in [3.8, 4) is 5.95 Å². The summed E-state index contributed by atoms with van der Waals surface area (Å²) in [6.45, 7) is 3.96. The maximum atomic E-state index is 4.55. The van der Waals surface area contributed by atoms with Crippen LogP contribution in [0.3, 0.4) is 0 Å². The first-order valence-corrected chi connectivity index (χ1v) is 7.45. The van der Waals surface area contributed by atoms with E-state index in [4.69, 9.17) is 0 Å². The van der Waals surface area contributed by atoms with Crippen LogP contribution in [-0.2, 0) is 0 Å². The van der Waals surface area contributed by atoms with Gasteiger partial charge in [-0.15, -0.1) is 0 Å². The van der Waals surface area contributed by atoms with Gasteiger partial charge in [0.25, 0.3) is 0 Å². The van der Waals surface area contributed by atoms with Crippen molar-refractivity contribution < 1.29 is 0 Å². The third kappa shape index (κ3) is 3.48. The monoisotopic (exact) mass is 287 g/mol. The Morgan fingerprint density at radius 2 is 2.19 bits per heavy atom. The summed E-state index contributed by atoms with van der Waals surface area (Å²) in [5.74, 6) is 2.71. The Labute approximate surface area is 124 Å². The predicted octanol–water partition coefficient (Wildman–Crippen LogP) is 1.73. The van der Waals surface area contributed by atoms with Gasteiger partial charge in [-0.1, -0.05) is 6.92 Å². The van der Waals surface area contributed by atoms with Gasteiger partial charge in [0.15, 0.2) is 0 Å². The van der Waals surface area contributed by atoms with Gasteiger partial charge in [-0.3, -0.25) is 4.57 Å². The quantitative estimate of drug-likeness (QED) is 0.836. The lowest BCUT2D eigenvalue weighted by molar-refractivity contribution is 0.752. The highest BCUT2D eigenvalue weighted by molar-refractivity contribution is 5.39. The van der Waals surface area contributed by atoms with E-state index in [1.165, 1.54) is 12.8 Å². The van der Waals surface area contributed by atoms with E-state index < -0.39 is 0 Å². The fraction of sp³-hybridized carbons (Fsp3) is 0.571. The zero-order valence-electron chi connectivity index (χ0n) is 12.5. The van der Waals surface area contributed by atoms with Gasteiger partial charge in [0.2, 0.25) is 17.8 Å². The summed E-state index contributed by atoms with van der Waals surface area (Å²) in [6, 6.07) is 0. The second-order valence-corrected chi connectivity index (χ2v) is 5.48. The topological polar surface area (TPSA) is 71.8 Å². The fourth-order valence-corrected chi connectivity index (χ4v) is 2.10. The standard InChI is InChI=1S/C14H21N7/c1-3-6-16-12-17-13(20(2)9-11-4-5-11)19-14(18-12)21-8-7-15-10-21/h7-8,10-11H,3-6,9H2,1-2H3,(H,16,17,18,19). The molecule has 2 aromatic heterocycles. The molecule has 0 aliphatic heterocycles. The molecule has 112 valence electrons. The smallest absolute Gasteiger partial charge is 0.241 e. The van der Waals surface area contributed by atoms with Crippen LogP contribution in [0.5, 0.6) is 0 Å². The van der Waals surface area contributed by atoms with Crippen LogP contribution in [0, 0.1) is 5.92 Å². The molecule has 0 bridgehead atoms. The Hall–Kier alpha value is -2.18. The van der Waals surface area contributed by atoms with Crippen molar-refractivity contribution in [1.82, 2.24) is 24.5 Å². The van der Waals surface area contributed by atoms with Crippen LogP contribution in [0.4, 0.5) is 11.9 Å². The number of aromatic nitrogens is 5. The molecule has 21 heavy (non-hydrogen) atoms. The van der Waals surface area contributed by atoms with E-state index in [2.05, 4.69) is 37.1 Å². The highest BCUT2D eigenvalue weighted by Gasteiger charge is 2.24. The third-order valence-electron chi connectivity index (χ3n) is 3.45. The molecular weight excluding hydrogens is 266 g/mol. The minimum atomic E-state index is 0.596. The average Bonchev–Trinajstić information content (AvgIpc) is 3.14. The van der Waals surface area contributed by atoms with Crippen LogP contribution in [0.25, 0.3) is 5.95 Å². The van der Waals surface area contributed by atoms with Crippen LogP contribution in [0.2, 0.25) is 0 Å². The summed E-state index contributed by atoms with van der Waals surface area (Å²) >= 11 is 0. The third-order valence-corrected chi connectivity index (χ3v) is 3.45. The van der Waals surface area contributed by atoms with E-state index in [1.54, 1.807) is 17.1 Å². The molecule has 0 amide bonds. The highest BCUT2D eigenvalue weighted by Crippen LogP contribution is 2.30. The zero-order valence-corrected chi connectivity index (χ0v) is 12.5. The van der Waals surface area contributed by atoms with Crippen LogP contribution >= 0.6 is 0 Å². The van der Waals surface area contributed by atoms with Crippen molar-refractivity contribution in [2.75, 3.05) is 30.4 Å². The SMILES string of the molecule is CCCNc1nc(N(C)CC2CC2)nc(-n2ccnc2)n1. The molecule has 0 unspecified atom stereocenters. The molecule has 7 nitrogen and oxygen atoms in total. The lowest BCUT2D eigenvalue weighted by Crippen LogP contribution is -2.24. The summed E-state index contributed by atoms with van der Waals surface area (Å²) in [5.41, 5.74) is 0. The average molecular weight is 287 g/mol. The van der Waals surface area contributed by atoms with Crippen molar-refractivity contribution in [3.63, 3.8) is 0 Å². The van der Waals surface area contributed by atoms with Crippen LogP contribution in [0.15, 0.2) is 18.7 Å². The van der Waals surface area contributed by atoms with E-state index in [0.29, 0.717) is 17.8 Å². The van der Waals surface area contributed by atoms with E-state index >= 15 is 0 Å². The Morgan fingerprint density at radius 3 is 2.86 bits per heavy atom. The van der Waals surface area contributed by atoms with Gasteiger partial charge in [-0.05, 0) is 25.2 Å². The lowest BCUT2D eigenvalue weighted by Gasteiger charge is -2.18. The molecule has 1 aliphatic rings. The van der Waals surface area contributed by atoms with Crippen molar-refractivity contribution in [3.05, 3.63) is 18.7 Å². The van der Waals surface area contributed by atoms with Gasteiger partial charge < -0.3 is 10.2 Å². The predicted molar refractivity (Wildman–Crippen MR) is 81.7 cm³/mol. The maximum absolute atomic E-state index is 4.55. The number of anilines is 2. The molecule has 1 fully saturated rings. The molecule has 1 aliphatic carbocycles. The Kier molecular flexibility index (Phi) is 3.98. The van der Waals surface area contributed by atoms with Crippen LogP contribution in [0.1, 0.15) is 26.2 Å². The van der Waals surface area contributed by atoms with Gasteiger partial charge in [0.1, 0.15) is 6.33 Å². The normalized spacial score (nSPS) is 14.2. The summed E-state index contributed by atoms with van der Waals surface area (Å²) in [4.78, 5) is 19.7. The number of nitrogens with one attached hydrogen (secondary N) is 1. The van der Waals surface area contributed by atoms with Crippen molar-refractivity contribution in [2.24, 2.45) is 5.92 Å². The molecular formula is C14H21N7. The summed E-state index contributed by atoms with van der Waals surface area (Å²) in [5, 5.41) is 3.24. The van der Waals surface area contributed by atoms with Crippen molar-refractivity contribution in [1.29, 1.82) is 0 Å². The van der Waals surface area contributed by atoms with E-state index in [1.807, 2.05) is 13.2 Å². The Balaban J connectivity index is 1.87. The minimum Gasteiger partial charge on any atom is -0.354 e. The van der Waals surface area contributed by atoms with Crippen molar-refractivity contribution in [2.45, 2.75) is 26.2 Å². The molecule has 0 spiro atoms. The first-order chi connectivity index (χ1) is 10.3. The molecule has 0 aromatic carbocycles. The largest absolute Gasteiger partial charge is 0.354 e. The number of hydrogen-bond acceptors (Lipinski definition) is 6. The van der Waals surface area contributed by atoms with Gasteiger partial charge in [0.05, 0.1) is 0 Å². The van der Waals surface area contributed by atoms with Crippen LogP contribution < -0.4 is 10.2 Å². The van der Waals surface area contributed by atoms with Crippen molar-refractivity contribution >= 4 is 11.9 Å². The fourth-order valence-electron chi connectivity index (χ4n) is 2.10. The summed E-state index contributed by atoms with van der Waals surface area (Å²) in [6.07, 6.45) is 8.90. The first-order valence-electron chi connectivity index (χ1n) is 7.45. The zero-order chi connectivity index (χ0) is 14.7. The maximum Gasteiger partial charge on any atom is 0.241 e. The number of rotatable bonds is 7. The molecule has 0 atom stereocenters. The summed E-state index contributed by atoms with van der Waals surface area (Å²) < 4.78 is 1.80. The van der Waals surface area contributed by atoms with Crippen LogP contribution in [-0.4, -0.2) is 44.6 Å². The number of nitrogens with zero attached hydrogens (tertiary/aromatic N) is 6. The van der Waals surface area contributed by atoms with Gasteiger partial charge in [0, 0.05) is 32.5 Å². The molecule has 3 rings (SSSR count). The molecule has 1 saturated carbocycles. The molecule has 1 N–H and O–H groups in total. The van der Waals surface area contributed by atoms with Gasteiger partial charge >= 0.3 is 0 Å². The lowest BCUT2D eigenvalue weighted by atomic mass is 10.4. The molecule has 0 saturated heterocycles.